The van der Waals surface area contributed by atoms with Crippen LogP contribution >= 0.6 is 11.6 Å². The van der Waals surface area contributed by atoms with Crippen molar-refractivity contribution in [3.8, 4) is 11.4 Å². The lowest BCUT2D eigenvalue weighted by atomic mass is 10.1. The minimum Gasteiger partial charge on any atom is -0.370 e. The predicted molar refractivity (Wildman–Crippen MR) is 90.1 cm³/mol. The molecule has 0 amide bonds. The van der Waals surface area contributed by atoms with Gasteiger partial charge in [-0.25, -0.2) is 9.97 Å². The number of halogens is 1. The van der Waals surface area contributed by atoms with Gasteiger partial charge in [0.25, 0.3) is 0 Å². The summed E-state index contributed by atoms with van der Waals surface area (Å²) in [5.74, 6) is 1.72. The van der Waals surface area contributed by atoms with E-state index in [1.807, 2.05) is 32.0 Å². The molecule has 0 spiro atoms. The fraction of sp³-hybridized carbons (Fsp3) is 0.412. The second-order valence-corrected chi connectivity index (χ2v) is 5.64. The van der Waals surface area contributed by atoms with Gasteiger partial charge in [-0.15, -0.1) is 0 Å². The van der Waals surface area contributed by atoms with Crippen molar-refractivity contribution < 1.29 is 0 Å². The molecule has 0 saturated heterocycles. The Morgan fingerprint density at radius 3 is 2.52 bits per heavy atom. The van der Waals surface area contributed by atoms with Gasteiger partial charge in [0.05, 0.1) is 0 Å². The summed E-state index contributed by atoms with van der Waals surface area (Å²) in [5, 5.41) is 4.16. The molecule has 1 N–H and O–H groups in total. The van der Waals surface area contributed by atoms with Gasteiger partial charge >= 0.3 is 0 Å². The fourth-order valence-electron chi connectivity index (χ4n) is 2.41. The molecule has 0 bridgehead atoms. The van der Waals surface area contributed by atoms with E-state index in [-0.39, 0.29) is 0 Å². The molecule has 2 aromatic rings. The van der Waals surface area contributed by atoms with E-state index < -0.39 is 0 Å². The Morgan fingerprint density at radius 1 is 1.14 bits per heavy atom. The molecule has 4 heteroatoms. The highest BCUT2D eigenvalue weighted by Gasteiger charge is 2.12. The highest BCUT2D eigenvalue weighted by molar-refractivity contribution is 6.30. The number of hydrogen-bond acceptors (Lipinski definition) is 3. The van der Waals surface area contributed by atoms with Crippen LogP contribution in [0.5, 0.6) is 0 Å². The molecule has 3 nitrogen and oxygen atoms in total. The van der Waals surface area contributed by atoms with Crippen LogP contribution in [0.1, 0.15) is 37.1 Å². The van der Waals surface area contributed by atoms with Crippen molar-refractivity contribution >= 4 is 17.4 Å². The van der Waals surface area contributed by atoms with Gasteiger partial charge in [0.1, 0.15) is 5.82 Å². The third-order valence-electron chi connectivity index (χ3n) is 3.54. The number of nitrogens with zero attached hydrogens (tertiary/aromatic N) is 2. The summed E-state index contributed by atoms with van der Waals surface area (Å²) >= 11 is 6.03. The maximum atomic E-state index is 6.03. The molecular formula is C17H22ClN3. The summed E-state index contributed by atoms with van der Waals surface area (Å²) in [6.07, 6.45) is 2.00. The summed E-state index contributed by atoms with van der Waals surface area (Å²) in [6, 6.07) is 5.82. The molecule has 1 aromatic carbocycles. The maximum Gasteiger partial charge on any atom is 0.162 e. The van der Waals surface area contributed by atoms with E-state index in [1.54, 1.807) is 0 Å². The molecule has 0 fully saturated rings. The van der Waals surface area contributed by atoms with Crippen LogP contribution in [0.15, 0.2) is 18.2 Å². The number of benzene rings is 1. The predicted octanol–water partition coefficient (Wildman–Crippen LogP) is 4.80. The van der Waals surface area contributed by atoms with Crippen molar-refractivity contribution in [2.45, 2.75) is 40.5 Å². The standard InChI is InChI=1S/C17H22ClN3/c1-5-9-19-16-14(6-2)12(4)20-17(21-16)15-8-7-13(18)10-11(15)3/h7-8,10H,5-6,9H2,1-4H3,(H,19,20,21). The van der Waals surface area contributed by atoms with E-state index in [0.29, 0.717) is 0 Å². The lowest BCUT2D eigenvalue weighted by Crippen LogP contribution is -2.09. The molecular weight excluding hydrogens is 282 g/mol. The Morgan fingerprint density at radius 2 is 1.90 bits per heavy atom. The number of aromatic nitrogens is 2. The Balaban J connectivity index is 2.51. The molecule has 0 aliphatic rings. The quantitative estimate of drug-likeness (QED) is 0.862. The van der Waals surface area contributed by atoms with Crippen LogP contribution in [-0.4, -0.2) is 16.5 Å². The van der Waals surface area contributed by atoms with Gasteiger partial charge in [0, 0.05) is 28.4 Å². The smallest absolute Gasteiger partial charge is 0.162 e. The van der Waals surface area contributed by atoms with Crippen LogP contribution in [0.2, 0.25) is 5.02 Å². The Labute approximate surface area is 131 Å². The summed E-state index contributed by atoms with van der Waals surface area (Å²) in [5.41, 5.74) is 4.35. The van der Waals surface area contributed by atoms with E-state index in [9.17, 15) is 0 Å². The zero-order valence-corrected chi connectivity index (χ0v) is 13.9. The third kappa shape index (κ3) is 3.53. The average molecular weight is 304 g/mol. The molecule has 0 aliphatic carbocycles. The van der Waals surface area contributed by atoms with Gasteiger partial charge in [-0.05, 0) is 50.5 Å². The highest BCUT2D eigenvalue weighted by Crippen LogP contribution is 2.26. The topological polar surface area (TPSA) is 37.8 Å². The SMILES string of the molecule is CCCNc1nc(-c2ccc(Cl)cc2C)nc(C)c1CC. The van der Waals surface area contributed by atoms with E-state index in [1.165, 1.54) is 5.56 Å². The van der Waals surface area contributed by atoms with E-state index in [4.69, 9.17) is 16.6 Å². The number of hydrogen-bond donors (Lipinski definition) is 1. The average Bonchev–Trinajstić information content (AvgIpc) is 2.44. The summed E-state index contributed by atoms with van der Waals surface area (Å²) < 4.78 is 0. The Bertz CT molecular complexity index is 638. The first-order valence-electron chi connectivity index (χ1n) is 7.44. The fourth-order valence-corrected chi connectivity index (χ4v) is 2.63. The Hall–Kier alpha value is -1.61. The molecule has 21 heavy (non-hydrogen) atoms. The van der Waals surface area contributed by atoms with Crippen LogP contribution in [0.4, 0.5) is 5.82 Å². The number of nitrogens with one attached hydrogen (secondary N) is 1. The van der Waals surface area contributed by atoms with Gasteiger partial charge in [-0.3, -0.25) is 0 Å². The van der Waals surface area contributed by atoms with Gasteiger partial charge in [0.15, 0.2) is 5.82 Å². The first-order valence-corrected chi connectivity index (χ1v) is 7.82. The minimum atomic E-state index is 0.738. The monoisotopic (exact) mass is 303 g/mol. The zero-order chi connectivity index (χ0) is 15.4. The number of anilines is 1. The second kappa shape index (κ2) is 6.90. The van der Waals surface area contributed by atoms with Crippen molar-refractivity contribution in [3.05, 3.63) is 40.0 Å². The molecule has 0 unspecified atom stereocenters. The molecule has 0 saturated carbocycles. The molecule has 0 atom stereocenters. The number of aryl methyl sites for hydroxylation is 2. The van der Waals surface area contributed by atoms with Crippen molar-refractivity contribution in [1.29, 1.82) is 0 Å². The normalized spacial score (nSPS) is 10.7. The molecule has 1 aromatic heterocycles. The minimum absolute atomic E-state index is 0.738. The highest BCUT2D eigenvalue weighted by atomic mass is 35.5. The first kappa shape index (κ1) is 15.8. The molecule has 2 rings (SSSR count). The second-order valence-electron chi connectivity index (χ2n) is 5.20. The van der Waals surface area contributed by atoms with Crippen molar-refractivity contribution in [2.24, 2.45) is 0 Å². The largest absolute Gasteiger partial charge is 0.370 e. The first-order chi connectivity index (χ1) is 10.1. The Kier molecular flexibility index (Phi) is 5.18. The third-order valence-corrected chi connectivity index (χ3v) is 3.77. The number of rotatable bonds is 5. The van der Waals surface area contributed by atoms with Gasteiger partial charge < -0.3 is 5.32 Å². The van der Waals surface area contributed by atoms with Crippen molar-refractivity contribution in [3.63, 3.8) is 0 Å². The van der Waals surface area contributed by atoms with Crippen LogP contribution in [0.3, 0.4) is 0 Å². The molecule has 112 valence electrons. The summed E-state index contributed by atoms with van der Waals surface area (Å²) in [7, 11) is 0. The summed E-state index contributed by atoms with van der Waals surface area (Å²) in [4.78, 5) is 9.42. The van der Waals surface area contributed by atoms with Gasteiger partial charge in [0.2, 0.25) is 0 Å². The van der Waals surface area contributed by atoms with Crippen LogP contribution in [0.25, 0.3) is 11.4 Å². The van der Waals surface area contributed by atoms with E-state index in [0.717, 1.165) is 52.9 Å². The molecule has 0 radical (unpaired) electrons. The van der Waals surface area contributed by atoms with E-state index in [2.05, 4.69) is 24.1 Å². The lowest BCUT2D eigenvalue weighted by Gasteiger charge is -2.14. The lowest BCUT2D eigenvalue weighted by molar-refractivity contribution is 0.938. The van der Waals surface area contributed by atoms with Crippen LogP contribution < -0.4 is 5.32 Å². The summed E-state index contributed by atoms with van der Waals surface area (Å²) in [6.45, 7) is 9.29. The van der Waals surface area contributed by atoms with E-state index >= 15 is 0 Å². The van der Waals surface area contributed by atoms with Crippen LogP contribution in [-0.2, 0) is 6.42 Å². The van der Waals surface area contributed by atoms with Gasteiger partial charge in [-0.1, -0.05) is 25.4 Å². The van der Waals surface area contributed by atoms with Crippen molar-refractivity contribution in [1.82, 2.24) is 9.97 Å². The maximum absolute atomic E-state index is 6.03. The zero-order valence-electron chi connectivity index (χ0n) is 13.1. The van der Waals surface area contributed by atoms with Crippen LogP contribution in [0, 0.1) is 13.8 Å². The van der Waals surface area contributed by atoms with Crippen molar-refractivity contribution in [2.75, 3.05) is 11.9 Å². The molecule has 1 heterocycles. The molecule has 0 aliphatic heterocycles. The van der Waals surface area contributed by atoms with Gasteiger partial charge in [-0.2, -0.15) is 0 Å².